The summed E-state index contributed by atoms with van der Waals surface area (Å²) in [6.45, 7) is 2.97. The standard InChI is InChI=1S/C10H14N2O5/c1-5-7(14)10(2,16)8(17-5)12-4-3-6(13)11-9(12)15/h3-5,7-8,14,16H,1-2H3,(H,11,13,15)/t5?,7?,8-,10+/m1/s1. The number of aliphatic hydroxyl groups excluding tert-OH is 1. The third-order valence-electron chi connectivity index (χ3n) is 2.99. The van der Waals surface area contributed by atoms with Crippen molar-refractivity contribution in [1.29, 1.82) is 0 Å². The molecule has 1 aliphatic rings. The van der Waals surface area contributed by atoms with Crippen LogP contribution in [-0.4, -0.2) is 37.6 Å². The first-order valence-electron chi connectivity index (χ1n) is 5.21. The molecule has 2 heterocycles. The average Bonchev–Trinajstić information content (AvgIpc) is 2.43. The number of hydrogen-bond donors (Lipinski definition) is 3. The summed E-state index contributed by atoms with van der Waals surface area (Å²) in [6, 6.07) is 1.15. The van der Waals surface area contributed by atoms with E-state index in [-0.39, 0.29) is 0 Å². The minimum atomic E-state index is -1.60. The monoisotopic (exact) mass is 242 g/mol. The van der Waals surface area contributed by atoms with Gasteiger partial charge in [0.25, 0.3) is 5.56 Å². The predicted octanol–water partition coefficient (Wildman–Crippen LogP) is -1.43. The number of aromatic amines is 1. The smallest absolute Gasteiger partial charge is 0.330 e. The Bertz CT molecular complexity index is 532. The molecule has 1 saturated heterocycles. The topological polar surface area (TPSA) is 105 Å². The van der Waals surface area contributed by atoms with Crippen molar-refractivity contribution in [3.63, 3.8) is 0 Å². The fraction of sp³-hybridized carbons (Fsp3) is 0.600. The molecule has 1 aromatic heterocycles. The van der Waals surface area contributed by atoms with Crippen molar-refractivity contribution < 1.29 is 14.9 Å². The van der Waals surface area contributed by atoms with Gasteiger partial charge in [-0.25, -0.2) is 4.79 Å². The molecule has 2 unspecified atom stereocenters. The number of ether oxygens (including phenoxy) is 1. The molecule has 1 fully saturated rings. The number of aromatic nitrogens is 2. The van der Waals surface area contributed by atoms with E-state index in [1.54, 1.807) is 6.92 Å². The molecule has 0 radical (unpaired) electrons. The Kier molecular flexibility index (Phi) is 2.69. The highest BCUT2D eigenvalue weighted by atomic mass is 16.6. The molecule has 17 heavy (non-hydrogen) atoms. The second-order valence-electron chi connectivity index (χ2n) is 4.38. The number of H-pyrrole nitrogens is 1. The minimum absolute atomic E-state index is 0.530. The Hall–Kier alpha value is -1.44. The molecule has 7 nitrogen and oxygen atoms in total. The van der Waals surface area contributed by atoms with Gasteiger partial charge in [-0.1, -0.05) is 0 Å². The van der Waals surface area contributed by atoms with E-state index < -0.39 is 35.3 Å². The summed E-state index contributed by atoms with van der Waals surface area (Å²) in [6.07, 6.45) is -1.51. The second-order valence-corrected chi connectivity index (χ2v) is 4.38. The van der Waals surface area contributed by atoms with E-state index in [0.717, 1.165) is 10.6 Å². The van der Waals surface area contributed by atoms with Crippen molar-refractivity contribution in [2.45, 2.75) is 37.9 Å². The summed E-state index contributed by atoms with van der Waals surface area (Å²) >= 11 is 0. The molecule has 0 aromatic carbocycles. The molecule has 1 aliphatic heterocycles. The van der Waals surface area contributed by atoms with Crippen LogP contribution in [0.25, 0.3) is 0 Å². The van der Waals surface area contributed by atoms with E-state index in [9.17, 15) is 19.8 Å². The lowest BCUT2D eigenvalue weighted by atomic mass is 9.97. The van der Waals surface area contributed by atoms with Gasteiger partial charge in [-0.15, -0.1) is 0 Å². The molecule has 94 valence electrons. The Morgan fingerprint density at radius 2 is 2.18 bits per heavy atom. The highest BCUT2D eigenvalue weighted by Gasteiger charge is 2.51. The van der Waals surface area contributed by atoms with Crippen LogP contribution in [0.3, 0.4) is 0 Å². The summed E-state index contributed by atoms with van der Waals surface area (Å²) < 4.78 is 6.39. The van der Waals surface area contributed by atoms with Crippen LogP contribution in [0.1, 0.15) is 20.1 Å². The van der Waals surface area contributed by atoms with Gasteiger partial charge in [0.15, 0.2) is 6.23 Å². The zero-order valence-corrected chi connectivity index (χ0v) is 9.45. The van der Waals surface area contributed by atoms with Crippen LogP contribution in [0.4, 0.5) is 0 Å². The van der Waals surface area contributed by atoms with Crippen LogP contribution in [0.15, 0.2) is 21.9 Å². The van der Waals surface area contributed by atoms with Gasteiger partial charge in [0.1, 0.15) is 11.7 Å². The van der Waals surface area contributed by atoms with E-state index in [1.807, 2.05) is 0 Å². The number of aliphatic hydroxyl groups is 2. The van der Waals surface area contributed by atoms with Crippen molar-refractivity contribution in [2.24, 2.45) is 0 Å². The van der Waals surface area contributed by atoms with E-state index >= 15 is 0 Å². The van der Waals surface area contributed by atoms with Gasteiger partial charge in [0.2, 0.25) is 0 Å². The van der Waals surface area contributed by atoms with Crippen molar-refractivity contribution in [1.82, 2.24) is 9.55 Å². The molecule has 7 heteroatoms. The van der Waals surface area contributed by atoms with Gasteiger partial charge in [0, 0.05) is 12.3 Å². The van der Waals surface area contributed by atoms with Crippen LogP contribution in [0, 0.1) is 0 Å². The zero-order chi connectivity index (χ0) is 12.8. The maximum atomic E-state index is 11.6. The van der Waals surface area contributed by atoms with Crippen LogP contribution in [-0.2, 0) is 4.74 Å². The Morgan fingerprint density at radius 1 is 1.53 bits per heavy atom. The Balaban J connectivity index is 2.48. The van der Waals surface area contributed by atoms with E-state index in [0.29, 0.717) is 0 Å². The molecule has 4 atom stereocenters. The van der Waals surface area contributed by atoms with Crippen molar-refractivity contribution in [3.05, 3.63) is 33.1 Å². The first-order valence-corrected chi connectivity index (χ1v) is 5.21. The molecule has 0 aliphatic carbocycles. The molecule has 2 rings (SSSR count). The van der Waals surface area contributed by atoms with Crippen LogP contribution in [0.5, 0.6) is 0 Å². The number of rotatable bonds is 1. The van der Waals surface area contributed by atoms with E-state index in [4.69, 9.17) is 4.74 Å². The van der Waals surface area contributed by atoms with Crippen LogP contribution in [0.2, 0.25) is 0 Å². The summed E-state index contributed by atoms with van der Waals surface area (Å²) in [4.78, 5) is 24.6. The zero-order valence-electron chi connectivity index (χ0n) is 9.45. The van der Waals surface area contributed by atoms with Crippen LogP contribution < -0.4 is 11.2 Å². The molecule has 0 amide bonds. The molecule has 0 bridgehead atoms. The highest BCUT2D eigenvalue weighted by Crippen LogP contribution is 2.36. The lowest BCUT2D eigenvalue weighted by molar-refractivity contribution is -0.0971. The largest absolute Gasteiger partial charge is 0.387 e. The van der Waals surface area contributed by atoms with Crippen molar-refractivity contribution in [3.8, 4) is 0 Å². The minimum Gasteiger partial charge on any atom is -0.387 e. The highest BCUT2D eigenvalue weighted by molar-refractivity contribution is 4.99. The Labute approximate surface area is 96.3 Å². The predicted molar refractivity (Wildman–Crippen MR) is 57.5 cm³/mol. The van der Waals surface area contributed by atoms with Crippen molar-refractivity contribution >= 4 is 0 Å². The third-order valence-corrected chi connectivity index (χ3v) is 2.99. The maximum Gasteiger partial charge on any atom is 0.330 e. The fourth-order valence-electron chi connectivity index (χ4n) is 2.00. The summed E-state index contributed by atoms with van der Waals surface area (Å²) in [5.74, 6) is 0. The molecule has 1 aromatic rings. The molecule has 0 saturated carbocycles. The normalized spacial score (nSPS) is 37.3. The molecule has 0 spiro atoms. The Morgan fingerprint density at radius 3 is 2.65 bits per heavy atom. The van der Waals surface area contributed by atoms with Crippen molar-refractivity contribution in [2.75, 3.05) is 0 Å². The summed E-state index contributed by atoms with van der Waals surface area (Å²) in [5.41, 5.74) is -2.82. The number of nitrogens with zero attached hydrogens (tertiary/aromatic N) is 1. The van der Waals surface area contributed by atoms with Crippen LogP contribution >= 0.6 is 0 Å². The number of nitrogens with one attached hydrogen (secondary N) is 1. The van der Waals surface area contributed by atoms with E-state index in [2.05, 4.69) is 4.98 Å². The van der Waals surface area contributed by atoms with Gasteiger partial charge in [0.05, 0.1) is 6.10 Å². The molecule has 3 N–H and O–H groups in total. The second kappa shape index (κ2) is 3.80. The van der Waals surface area contributed by atoms with Gasteiger partial charge < -0.3 is 14.9 Å². The van der Waals surface area contributed by atoms with Gasteiger partial charge >= 0.3 is 5.69 Å². The lowest BCUT2D eigenvalue weighted by Crippen LogP contribution is -2.46. The molecular weight excluding hydrogens is 228 g/mol. The van der Waals surface area contributed by atoms with Gasteiger partial charge in [-0.05, 0) is 13.8 Å². The lowest BCUT2D eigenvalue weighted by Gasteiger charge is -2.27. The SMILES string of the molecule is CC1O[C@@H](n2ccc(=O)[nH]c2=O)[C@@](C)(O)C1O. The number of hydrogen-bond acceptors (Lipinski definition) is 5. The average molecular weight is 242 g/mol. The fourth-order valence-corrected chi connectivity index (χ4v) is 2.00. The maximum absolute atomic E-state index is 11.6. The third kappa shape index (κ3) is 1.82. The first kappa shape index (κ1) is 12.0. The van der Waals surface area contributed by atoms with Gasteiger partial charge in [-0.2, -0.15) is 0 Å². The summed E-state index contributed by atoms with van der Waals surface area (Å²) in [7, 11) is 0. The summed E-state index contributed by atoms with van der Waals surface area (Å²) in [5, 5.41) is 19.9. The quantitative estimate of drug-likeness (QED) is 0.559. The first-order chi connectivity index (χ1) is 7.84. The molecular formula is C10H14N2O5. The van der Waals surface area contributed by atoms with Gasteiger partial charge in [-0.3, -0.25) is 14.3 Å². The van der Waals surface area contributed by atoms with E-state index in [1.165, 1.54) is 13.1 Å².